The Morgan fingerprint density at radius 1 is 1.40 bits per heavy atom. The van der Waals surface area contributed by atoms with E-state index in [0.717, 1.165) is 11.3 Å². The highest BCUT2D eigenvalue weighted by Gasteiger charge is 1.99. The lowest BCUT2D eigenvalue weighted by atomic mass is 10.2. The van der Waals surface area contributed by atoms with Crippen LogP contribution in [0.1, 0.15) is 5.56 Å². The van der Waals surface area contributed by atoms with Gasteiger partial charge in [-0.05, 0) is 17.7 Å². The van der Waals surface area contributed by atoms with E-state index < -0.39 is 0 Å². The standard InChI is InChI=1S/C11H15NO3/c1-14-10-5-3-4-9(6-10)7-12-8-11(13)15-2/h3-6,12H,7-8H2,1-2H3. The van der Waals surface area contributed by atoms with Crippen LogP contribution in [0.5, 0.6) is 5.75 Å². The van der Waals surface area contributed by atoms with Gasteiger partial charge in [0.2, 0.25) is 0 Å². The van der Waals surface area contributed by atoms with Crippen LogP contribution in [0.4, 0.5) is 0 Å². The molecule has 0 spiro atoms. The summed E-state index contributed by atoms with van der Waals surface area (Å²) >= 11 is 0. The molecule has 0 aliphatic rings. The topological polar surface area (TPSA) is 47.6 Å². The number of rotatable bonds is 5. The molecule has 1 N–H and O–H groups in total. The van der Waals surface area contributed by atoms with Crippen LogP contribution in [0, 0.1) is 0 Å². The third-order valence-electron chi connectivity index (χ3n) is 1.96. The van der Waals surface area contributed by atoms with Crippen LogP contribution >= 0.6 is 0 Å². The number of nitrogens with one attached hydrogen (secondary N) is 1. The van der Waals surface area contributed by atoms with Crippen molar-refractivity contribution in [3.63, 3.8) is 0 Å². The molecule has 0 radical (unpaired) electrons. The molecule has 0 fully saturated rings. The number of hydrogen-bond acceptors (Lipinski definition) is 4. The lowest BCUT2D eigenvalue weighted by Crippen LogP contribution is -2.23. The number of ether oxygens (including phenoxy) is 2. The van der Waals surface area contributed by atoms with Crippen molar-refractivity contribution in [3.05, 3.63) is 29.8 Å². The molecular formula is C11H15NO3. The van der Waals surface area contributed by atoms with Crippen molar-refractivity contribution in [2.24, 2.45) is 0 Å². The first kappa shape index (κ1) is 11.5. The van der Waals surface area contributed by atoms with Crippen molar-refractivity contribution in [1.29, 1.82) is 0 Å². The van der Waals surface area contributed by atoms with Crippen molar-refractivity contribution < 1.29 is 14.3 Å². The molecule has 1 aromatic carbocycles. The molecule has 4 heteroatoms. The highest BCUT2D eigenvalue weighted by molar-refractivity contribution is 5.71. The normalized spacial score (nSPS) is 9.73. The minimum Gasteiger partial charge on any atom is -0.497 e. The van der Waals surface area contributed by atoms with E-state index in [1.165, 1.54) is 7.11 Å². The quantitative estimate of drug-likeness (QED) is 0.734. The predicted molar refractivity (Wildman–Crippen MR) is 56.7 cm³/mol. The molecule has 0 saturated carbocycles. The highest BCUT2D eigenvalue weighted by atomic mass is 16.5. The van der Waals surface area contributed by atoms with E-state index in [4.69, 9.17) is 4.74 Å². The summed E-state index contributed by atoms with van der Waals surface area (Å²) in [5, 5.41) is 2.97. The maximum atomic E-state index is 10.8. The molecule has 1 rings (SSSR count). The van der Waals surface area contributed by atoms with Crippen molar-refractivity contribution in [2.75, 3.05) is 20.8 Å². The van der Waals surface area contributed by atoms with Gasteiger partial charge in [0.1, 0.15) is 5.75 Å². The molecule has 0 bridgehead atoms. The fourth-order valence-corrected chi connectivity index (χ4v) is 1.16. The molecule has 0 saturated heterocycles. The summed E-state index contributed by atoms with van der Waals surface area (Å²) in [6, 6.07) is 7.68. The number of carbonyl (C=O) groups excluding carboxylic acids is 1. The Balaban J connectivity index is 2.40. The van der Waals surface area contributed by atoms with Crippen molar-refractivity contribution >= 4 is 5.97 Å². The largest absolute Gasteiger partial charge is 0.497 e. The van der Waals surface area contributed by atoms with Gasteiger partial charge in [0.15, 0.2) is 0 Å². The Hall–Kier alpha value is -1.55. The summed E-state index contributed by atoms with van der Waals surface area (Å²) in [5.74, 6) is 0.547. The summed E-state index contributed by atoms with van der Waals surface area (Å²) in [7, 11) is 3.00. The van der Waals surface area contributed by atoms with Crippen LogP contribution in [0.15, 0.2) is 24.3 Å². The van der Waals surface area contributed by atoms with Gasteiger partial charge < -0.3 is 14.8 Å². The maximum Gasteiger partial charge on any atom is 0.319 e. The summed E-state index contributed by atoms with van der Waals surface area (Å²) in [4.78, 5) is 10.8. The van der Waals surface area contributed by atoms with E-state index >= 15 is 0 Å². The molecule has 4 nitrogen and oxygen atoms in total. The van der Waals surface area contributed by atoms with Crippen LogP contribution in [0.2, 0.25) is 0 Å². The number of carbonyl (C=O) groups is 1. The number of methoxy groups -OCH3 is 2. The fraction of sp³-hybridized carbons (Fsp3) is 0.364. The Morgan fingerprint density at radius 3 is 2.87 bits per heavy atom. The fourth-order valence-electron chi connectivity index (χ4n) is 1.16. The van der Waals surface area contributed by atoms with E-state index in [1.807, 2.05) is 24.3 Å². The Morgan fingerprint density at radius 2 is 2.20 bits per heavy atom. The van der Waals surface area contributed by atoms with E-state index in [2.05, 4.69) is 10.1 Å². The number of esters is 1. The van der Waals surface area contributed by atoms with Crippen LogP contribution < -0.4 is 10.1 Å². The average Bonchev–Trinajstić information content (AvgIpc) is 2.29. The maximum absolute atomic E-state index is 10.8. The SMILES string of the molecule is COC(=O)CNCc1cccc(OC)c1. The lowest BCUT2D eigenvalue weighted by molar-refractivity contribution is -0.139. The molecule has 0 aromatic heterocycles. The molecule has 1 aromatic rings. The van der Waals surface area contributed by atoms with Gasteiger partial charge in [-0.1, -0.05) is 12.1 Å². The van der Waals surface area contributed by atoms with Gasteiger partial charge >= 0.3 is 5.97 Å². The first-order valence-corrected chi connectivity index (χ1v) is 4.66. The van der Waals surface area contributed by atoms with E-state index in [1.54, 1.807) is 7.11 Å². The van der Waals surface area contributed by atoms with Crippen LogP contribution in [-0.2, 0) is 16.1 Å². The zero-order valence-corrected chi connectivity index (χ0v) is 8.95. The summed E-state index contributed by atoms with van der Waals surface area (Å²) in [6.45, 7) is 0.833. The van der Waals surface area contributed by atoms with Crippen molar-refractivity contribution in [2.45, 2.75) is 6.54 Å². The van der Waals surface area contributed by atoms with Gasteiger partial charge in [-0.15, -0.1) is 0 Å². The molecule has 0 aliphatic carbocycles. The molecule has 0 atom stereocenters. The Kier molecular flexibility index (Phi) is 4.63. The molecule has 0 amide bonds. The van der Waals surface area contributed by atoms with E-state index in [0.29, 0.717) is 6.54 Å². The molecule has 82 valence electrons. The van der Waals surface area contributed by atoms with Crippen molar-refractivity contribution in [1.82, 2.24) is 5.32 Å². The van der Waals surface area contributed by atoms with Gasteiger partial charge in [0.25, 0.3) is 0 Å². The second-order valence-corrected chi connectivity index (χ2v) is 3.03. The second kappa shape index (κ2) is 6.03. The van der Waals surface area contributed by atoms with Crippen LogP contribution in [0.3, 0.4) is 0 Å². The van der Waals surface area contributed by atoms with Crippen LogP contribution in [0.25, 0.3) is 0 Å². The lowest BCUT2D eigenvalue weighted by Gasteiger charge is -2.05. The highest BCUT2D eigenvalue weighted by Crippen LogP contribution is 2.11. The van der Waals surface area contributed by atoms with Crippen LogP contribution in [-0.4, -0.2) is 26.7 Å². The molecule has 0 heterocycles. The minimum atomic E-state index is -0.266. The third-order valence-corrected chi connectivity index (χ3v) is 1.96. The number of hydrogen-bond donors (Lipinski definition) is 1. The zero-order chi connectivity index (χ0) is 11.1. The first-order valence-electron chi connectivity index (χ1n) is 4.66. The smallest absolute Gasteiger partial charge is 0.319 e. The monoisotopic (exact) mass is 209 g/mol. The molecule has 15 heavy (non-hydrogen) atoms. The molecular weight excluding hydrogens is 194 g/mol. The first-order chi connectivity index (χ1) is 7.26. The zero-order valence-electron chi connectivity index (χ0n) is 8.95. The van der Waals surface area contributed by atoms with Crippen molar-refractivity contribution in [3.8, 4) is 5.75 Å². The molecule has 0 aliphatic heterocycles. The summed E-state index contributed by atoms with van der Waals surface area (Å²) < 4.78 is 9.59. The van der Waals surface area contributed by atoms with Gasteiger partial charge in [-0.25, -0.2) is 0 Å². The van der Waals surface area contributed by atoms with E-state index in [9.17, 15) is 4.79 Å². The van der Waals surface area contributed by atoms with Gasteiger partial charge in [-0.2, -0.15) is 0 Å². The summed E-state index contributed by atoms with van der Waals surface area (Å²) in [6.07, 6.45) is 0. The van der Waals surface area contributed by atoms with Gasteiger partial charge in [0.05, 0.1) is 20.8 Å². The van der Waals surface area contributed by atoms with Gasteiger partial charge in [0, 0.05) is 6.54 Å². The predicted octanol–water partition coefficient (Wildman–Crippen LogP) is 0.958. The van der Waals surface area contributed by atoms with E-state index in [-0.39, 0.29) is 12.5 Å². The number of benzene rings is 1. The third kappa shape index (κ3) is 3.99. The Labute approximate surface area is 89.2 Å². The van der Waals surface area contributed by atoms with Gasteiger partial charge in [-0.3, -0.25) is 4.79 Å². The minimum absolute atomic E-state index is 0.216. The molecule has 0 unspecified atom stereocenters. The Bertz CT molecular complexity index is 325. The average molecular weight is 209 g/mol. The second-order valence-electron chi connectivity index (χ2n) is 3.03. The summed E-state index contributed by atoms with van der Waals surface area (Å²) in [5.41, 5.74) is 1.07.